The van der Waals surface area contributed by atoms with Crippen LogP contribution >= 0.6 is 0 Å². The first-order chi connectivity index (χ1) is 13.5. The average Bonchev–Trinajstić information content (AvgIpc) is 3.30. The van der Waals surface area contributed by atoms with Gasteiger partial charge in [0.05, 0.1) is 6.20 Å². The maximum atomic E-state index is 13.2. The number of amides is 1. The molecule has 2 aliphatic heterocycles. The normalized spacial score (nSPS) is 21.3. The zero-order valence-corrected chi connectivity index (χ0v) is 15.9. The predicted molar refractivity (Wildman–Crippen MR) is 101 cm³/mol. The van der Waals surface area contributed by atoms with Crippen LogP contribution < -0.4 is 9.64 Å². The van der Waals surface area contributed by atoms with Crippen LogP contribution in [0.15, 0.2) is 53.2 Å². The van der Waals surface area contributed by atoms with Crippen LogP contribution in [0.2, 0.25) is 0 Å². The molecule has 9 heteroatoms. The molecule has 3 heterocycles. The summed E-state index contributed by atoms with van der Waals surface area (Å²) in [5.41, 5.74) is 2.47. The van der Waals surface area contributed by atoms with Gasteiger partial charge in [-0.2, -0.15) is 10.2 Å². The highest BCUT2D eigenvalue weighted by Gasteiger charge is 2.47. The topological polar surface area (TPSA) is 75.3 Å². The fraction of sp³-hybridized carbons (Fsp3) is 0.368. The Morgan fingerprint density at radius 3 is 2.61 bits per heavy atom. The van der Waals surface area contributed by atoms with E-state index in [1.54, 1.807) is 40.0 Å². The van der Waals surface area contributed by atoms with Crippen LogP contribution in [0.5, 0.6) is 5.75 Å². The van der Waals surface area contributed by atoms with Gasteiger partial charge in [-0.25, -0.2) is 4.39 Å². The van der Waals surface area contributed by atoms with Crippen molar-refractivity contribution in [2.24, 2.45) is 17.4 Å². The highest BCUT2D eigenvalue weighted by Crippen LogP contribution is 2.38. The molecule has 0 aliphatic carbocycles. The molecule has 1 amide bonds. The van der Waals surface area contributed by atoms with Crippen LogP contribution in [0.1, 0.15) is 19.4 Å². The minimum atomic E-state index is -0.901. The van der Waals surface area contributed by atoms with Crippen LogP contribution in [-0.2, 0) is 11.8 Å². The summed E-state index contributed by atoms with van der Waals surface area (Å²) in [6.07, 6.45) is 5.50. The maximum absolute atomic E-state index is 13.2. The molecule has 4 rings (SSSR count). The Bertz CT molecular complexity index is 936. The summed E-state index contributed by atoms with van der Waals surface area (Å²) in [7, 11) is 1.85. The first-order valence-corrected chi connectivity index (χ1v) is 9.01. The number of hydrogen-bond acceptors (Lipinski definition) is 6. The number of alkyl halides is 1. The van der Waals surface area contributed by atoms with E-state index in [1.807, 2.05) is 38.3 Å². The van der Waals surface area contributed by atoms with Gasteiger partial charge < -0.3 is 4.74 Å². The summed E-state index contributed by atoms with van der Waals surface area (Å²) in [5, 5.41) is 14.6. The summed E-state index contributed by atoms with van der Waals surface area (Å²) in [5.74, 6) is 0.236. The van der Waals surface area contributed by atoms with Gasteiger partial charge in [0.1, 0.15) is 11.8 Å². The Morgan fingerprint density at radius 2 is 2.00 bits per heavy atom. The largest absolute Gasteiger partial charge is 0.463 e. The zero-order chi connectivity index (χ0) is 19.8. The SMILES string of the molecule is CC(C)N1N=NC2C(=O)N(c3ccc(OCF)cc3)C=C(c3cnn(C)c3)C21. The molecule has 0 N–H and O–H groups in total. The van der Waals surface area contributed by atoms with E-state index >= 15 is 0 Å². The van der Waals surface area contributed by atoms with E-state index in [-0.39, 0.29) is 18.0 Å². The minimum absolute atomic E-state index is 0.0929. The second kappa shape index (κ2) is 7.06. The highest BCUT2D eigenvalue weighted by molar-refractivity contribution is 6.05. The van der Waals surface area contributed by atoms with Crippen molar-refractivity contribution in [2.75, 3.05) is 11.8 Å². The average molecular weight is 384 g/mol. The van der Waals surface area contributed by atoms with Gasteiger partial charge in [0.15, 0.2) is 6.04 Å². The standard InChI is InChI=1S/C19H21FN6O2/c1-12(2)26-18-16(13-8-21-24(3)9-13)10-25(19(27)17(18)22-23-26)14-4-6-15(7-5-14)28-11-20/h4-10,12,17-18H,11H2,1-3H3. The van der Waals surface area contributed by atoms with E-state index in [4.69, 9.17) is 4.74 Å². The van der Waals surface area contributed by atoms with Crippen molar-refractivity contribution in [1.29, 1.82) is 0 Å². The lowest BCUT2D eigenvalue weighted by molar-refractivity contribution is -0.119. The third-order valence-corrected chi connectivity index (χ3v) is 4.84. The molecule has 0 spiro atoms. The number of benzene rings is 1. The second-order valence-corrected chi connectivity index (χ2v) is 7.01. The van der Waals surface area contributed by atoms with Gasteiger partial charge in [-0.15, -0.1) is 0 Å². The summed E-state index contributed by atoms with van der Waals surface area (Å²) >= 11 is 0. The second-order valence-electron chi connectivity index (χ2n) is 7.01. The van der Waals surface area contributed by atoms with Crippen molar-refractivity contribution in [3.05, 3.63) is 48.4 Å². The number of carbonyl (C=O) groups excluding carboxylic acids is 1. The number of anilines is 1. The Labute approximate surface area is 161 Å². The number of halogens is 1. The number of aromatic nitrogens is 2. The van der Waals surface area contributed by atoms with Gasteiger partial charge in [-0.3, -0.25) is 19.4 Å². The number of fused-ring (bicyclic) bond motifs is 1. The molecule has 0 saturated heterocycles. The molecule has 2 unspecified atom stereocenters. The van der Waals surface area contributed by atoms with E-state index < -0.39 is 12.9 Å². The van der Waals surface area contributed by atoms with E-state index in [9.17, 15) is 9.18 Å². The number of nitrogens with zero attached hydrogens (tertiary/aromatic N) is 6. The molecule has 0 saturated carbocycles. The Morgan fingerprint density at radius 1 is 1.25 bits per heavy atom. The Kier molecular flexibility index (Phi) is 4.58. The van der Waals surface area contributed by atoms with Crippen molar-refractivity contribution in [2.45, 2.75) is 32.0 Å². The highest BCUT2D eigenvalue weighted by atomic mass is 19.1. The molecule has 0 fully saturated rings. The minimum Gasteiger partial charge on any atom is -0.463 e. The molecular weight excluding hydrogens is 363 g/mol. The lowest BCUT2D eigenvalue weighted by Crippen LogP contribution is -2.50. The van der Waals surface area contributed by atoms with Crippen LogP contribution in [0.25, 0.3) is 5.57 Å². The fourth-order valence-corrected chi connectivity index (χ4v) is 3.51. The Hall–Kier alpha value is -3.23. The van der Waals surface area contributed by atoms with Gasteiger partial charge in [-0.1, -0.05) is 5.22 Å². The first-order valence-electron chi connectivity index (χ1n) is 9.01. The van der Waals surface area contributed by atoms with Crippen LogP contribution in [-0.4, -0.2) is 45.7 Å². The van der Waals surface area contributed by atoms with Crippen LogP contribution in [0.3, 0.4) is 0 Å². The van der Waals surface area contributed by atoms with Crippen molar-refractivity contribution in [1.82, 2.24) is 14.8 Å². The molecule has 2 aromatic rings. The number of ether oxygens (including phenoxy) is 1. The van der Waals surface area contributed by atoms with Crippen LogP contribution in [0.4, 0.5) is 10.1 Å². The van der Waals surface area contributed by atoms with E-state index in [0.717, 1.165) is 11.1 Å². The predicted octanol–water partition coefficient (Wildman–Crippen LogP) is 2.94. The van der Waals surface area contributed by atoms with Gasteiger partial charge in [0, 0.05) is 42.3 Å². The monoisotopic (exact) mass is 384 g/mol. The number of hydrogen-bond donors (Lipinski definition) is 0. The van der Waals surface area contributed by atoms with Crippen LogP contribution in [0, 0.1) is 0 Å². The number of aryl methyl sites for hydroxylation is 1. The van der Waals surface area contributed by atoms with Crippen molar-refractivity contribution in [3.8, 4) is 5.75 Å². The fourth-order valence-electron chi connectivity index (χ4n) is 3.51. The smallest absolute Gasteiger partial charge is 0.260 e. The van der Waals surface area contributed by atoms with Gasteiger partial charge in [0.2, 0.25) is 6.86 Å². The van der Waals surface area contributed by atoms with Gasteiger partial charge in [0.25, 0.3) is 5.91 Å². The summed E-state index contributed by atoms with van der Waals surface area (Å²) in [6.45, 7) is 3.13. The maximum Gasteiger partial charge on any atom is 0.260 e. The number of rotatable bonds is 5. The lowest BCUT2D eigenvalue weighted by Gasteiger charge is -2.36. The van der Waals surface area contributed by atoms with E-state index in [0.29, 0.717) is 11.4 Å². The third-order valence-electron chi connectivity index (χ3n) is 4.84. The Balaban J connectivity index is 1.77. The molecule has 8 nitrogen and oxygen atoms in total. The molecule has 0 radical (unpaired) electrons. The van der Waals surface area contributed by atoms with Gasteiger partial charge in [-0.05, 0) is 38.1 Å². The van der Waals surface area contributed by atoms with Crippen molar-refractivity contribution < 1.29 is 13.9 Å². The third kappa shape index (κ3) is 3.02. The number of carbonyl (C=O) groups is 1. The summed E-state index contributed by atoms with van der Waals surface area (Å²) in [6, 6.07) is 5.87. The molecule has 0 bridgehead atoms. The van der Waals surface area contributed by atoms with Crippen molar-refractivity contribution >= 4 is 17.2 Å². The van der Waals surface area contributed by atoms with E-state index in [1.165, 1.54) is 0 Å². The zero-order valence-electron chi connectivity index (χ0n) is 15.9. The lowest BCUT2D eigenvalue weighted by atomic mass is 9.91. The summed E-state index contributed by atoms with van der Waals surface area (Å²) < 4.78 is 18.9. The van der Waals surface area contributed by atoms with Crippen molar-refractivity contribution in [3.63, 3.8) is 0 Å². The molecule has 2 aliphatic rings. The van der Waals surface area contributed by atoms with E-state index in [2.05, 4.69) is 15.4 Å². The molecular formula is C19H21FN6O2. The quantitative estimate of drug-likeness (QED) is 0.794. The molecule has 1 aromatic heterocycles. The van der Waals surface area contributed by atoms with Gasteiger partial charge >= 0.3 is 0 Å². The summed E-state index contributed by atoms with van der Waals surface area (Å²) in [4.78, 5) is 14.7. The molecule has 2 atom stereocenters. The molecule has 1 aromatic carbocycles. The molecule has 28 heavy (non-hydrogen) atoms. The molecule has 146 valence electrons. The first kappa shape index (κ1) is 18.1.